The van der Waals surface area contributed by atoms with E-state index in [0.717, 1.165) is 86.5 Å². The third-order valence-electron chi connectivity index (χ3n) is 13.3. The van der Waals surface area contributed by atoms with Crippen LogP contribution in [0.2, 0.25) is 0 Å². The number of likely N-dealkylation sites (tertiary alicyclic amines) is 1. The molecular formula is C48H55F3N10O7S. The van der Waals surface area contributed by atoms with Crippen molar-refractivity contribution in [3.8, 4) is 28.4 Å². The van der Waals surface area contributed by atoms with Gasteiger partial charge in [-0.1, -0.05) is 65.0 Å². The number of halogens is 3. The first-order valence-corrected chi connectivity index (χ1v) is 24.2. The van der Waals surface area contributed by atoms with Gasteiger partial charge < -0.3 is 39.9 Å². The normalized spacial score (nSPS) is 21.9. The van der Waals surface area contributed by atoms with E-state index in [2.05, 4.69) is 45.9 Å². The minimum atomic E-state index is -4.78. The van der Waals surface area contributed by atoms with Crippen molar-refractivity contribution in [2.75, 3.05) is 32.8 Å². The van der Waals surface area contributed by atoms with E-state index < -0.39 is 48.4 Å². The molecule has 6 N–H and O–H groups in total. The summed E-state index contributed by atoms with van der Waals surface area (Å²) in [6.45, 7) is 3.92. The van der Waals surface area contributed by atoms with Gasteiger partial charge in [0.2, 0.25) is 5.82 Å². The maximum absolute atomic E-state index is 13.6. The Bertz CT molecular complexity index is 2660. The van der Waals surface area contributed by atoms with Gasteiger partial charge in [-0.3, -0.25) is 14.8 Å². The van der Waals surface area contributed by atoms with E-state index in [4.69, 9.17) is 9.72 Å². The van der Waals surface area contributed by atoms with Gasteiger partial charge in [-0.25, -0.2) is 9.88 Å². The number of aryl methyl sites for hydroxylation is 2. The van der Waals surface area contributed by atoms with Crippen LogP contribution in [0.3, 0.4) is 0 Å². The number of aliphatic hydroxyl groups is 4. The van der Waals surface area contributed by atoms with E-state index in [1.807, 2.05) is 41.2 Å². The minimum Gasteiger partial charge on any atom is -0.493 e. The van der Waals surface area contributed by atoms with Crippen LogP contribution in [-0.2, 0) is 24.6 Å². The molecule has 5 atom stereocenters. The van der Waals surface area contributed by atoms with Crippen molar-refractivity contribution >= 4 is 17.2 Å². The molecule has 3 aromatic carbocycles. The molecule has 21 heteroatoms. The fraction of sp³-hybridized carbons (Fsp3) is 0.458. The van der Waals surface area contributed by atoms with Crippen LogP contribution in [-0.4, -0.2) is 118 Å². The second-order valence-electron chi connectivity index (χ2n) is 17.9. The maximum atomic E-state index is 13.6. The average molecular weight is 973 g/mol. The number of nitrogens with one attached hydrogen (secondary N) is 2. The number of carbonyl (C=O) groups is 1. The van der Waals surface area contributed by atoms with Crippen molar-refractivity contribution in [1.29, 1.82) is 0 Å². The molecule has 3 aromatic heterocycles. The zero-order valence-electron chi connectivity index (χ0n) is 37.7. The monoisotopic (exact) mass is 972 g/mol. The molecule has 0 radical (unpaired) electrons. The van der Waals surface area contributed by atoms with Crippen molar-refractivity contribution in [2.45, 2.75) is 107 Å². The van der Waals surface area contributed by atoms with Gasteiger partial charge in [0, 0.05) is 57.9 Å². The van der Waals surface area contributed by atoms with Crippen LogP contribution in [0, 0.1) is 0 Å². The van der Waals surface area contributed by atoms with E-state index >= 15 is 0 Å². The quantitative estimate of drug-likeness (QED) is 0.0561. The number of rotatable bonds is 18. The van der Waals surface area contributed by atoms with E-state index in [0.29, 0.717) is 49.4 Å². The van der Waals surface area contributed by atoms with Crippen LogP contribution in [0.4, 0.5) is 13.2 Å². The summed E-state index contributed by atoms with van der Waals surface area (Å²) < 4.78 is 51.7. The molecule has 366 valence electrons. The van der Waals surface area contributed by atoms with Crippen LogP contribution < -0.4 is 15.4 Å². The topological polar surface area (TPSA) is 220 Å². The molecule has 6 aromatic rings. The summed E-state index contributed by atoms with van der Waals surface area (Å²) in [5.74, 6) is -1.60. The fourth-order valence-corrected chi connectivity index (χ4v) is 10.6. The van der Waals surface area contributed by atoms with Gasteiger partial charge in [0.25, 0.3) is 5.91 Å². The number of aromatic nitrogens is 6. The first-order chi connectivity index (χ1) is 33.3. The van der Waals surface area contributed by atoms with Gasteiger partial charge in [0.1, 0.15) is 35.7 Å². The van der Waals surface area contributed by atoms with Gasteiger partial charge in [-0.05, 0) is 95.6 Å². The lowest BCUT2D eigenvalue weighted by molar-refractivity contribution is -0.159. The number of fused-ring (bicyclic) bond motifs is 1. The predicted octanol–water partition coefficient (Wildman–Crippen LogP) is 5.80. The van der Waals surface area contributed by atoms with Crippen LogP contribution in [0.5, 0.6) is 5.75 Å². The SMILES string of the molecule is O=C(NCC1(c2nc(-c3ccccc3)cs2)CCN(CCCCc2cn(CCCCOc3cccc4c3C(O)N(C3CCC(O)NC3O)C4O)nn2)CC1)c1cccc(-c2noc(C(F)(F)F)n2)c1. The Hall–Kier alpha value is -5.65. The number of alkyl halides is 3. The van der Waals surface area contributed by atoms with Gasteiger partial charge in [0.05, 0.1) is 24.0 Å². The molecular weight excluding hydrogens is 918 g/mol. The summed E-state index contributed by atoms with van der Waals surface area (Å²) in [5.41, 5.74) is 3.88. The largest absolute Gasteiger partial charge is 0.493 e. The first kappa shape index (κ1) is 48.4. The van der Waals surface area contributed by atoms with Crippen molar-refractivity contribution < 1.29 is 47.7 Å². The number of benzene rings is 3. The molecule has 9 rings (SSSR count). The molecule has 2 saturated heterocycles. The van der Waals surface area contributed by atoms with E-state index in [1.54, 1.807) is 41.7 Å². The molecule has 69 heavy (non-hydrogen) atoms. The molecule has 0 aliphatic carbocycles. The molecule has 6 heterocycles. The third kappa shape index (κ3) is 11.1. The Kier molecular flexibility index (Phi) is 14.8. The molecule has 0 bridgehead atoms. The zero-order valence-corrected chi connectivity index (χ0v) is 38.5. The van der Waals surface area contributed by atoms with E-state index in [1.165, 1.54) is 17.0 Å². The van der Waals surface area contributed by atoms with Crippen molar-refractivity contribution in [1.82, 2.24) is 50.6 Å². The summed E-state index contributed by atoms with van der Waals surface area (Å²) in [5, 5.41) is 63.7. The Morgan fingerprint density at radius 3 is 2.48 bits per heavy atom. The summed E-state index contributed by atoms with van der Waals surface area (Å²) in [7, 11) is 0. The van der Waals surface area contributed by atoms with Crippen molar-refractivity contribution in [3.63, 3.8) is 0 Å². The van der Waals surface area contributed by atoms with Crippen molar-refractivity contribution in [2.24, 2.45) is 0 Å². The Labute approximate surface area is 400 Å². The smallest absolute Gasteiger partial charge is 0.471 e. The molecule has 1 amide bonds. The number of amides is 1. The van der Waals surface area contributed by atoms with Crippen molar-refractivity contribution in [3.05, 3.63) is 118 Å². The summed E-state index contributed by atoms with van der Waals surface area (Å²) in [6.07, 6.45) is -0.531. The molecule has 0 spiro atoms. The second kappa shape index (κ2) is 21.1. The summed E-state index contributed by atoms with van der Waals surface area (Å²) in [6, 6.07) is 20.8. The van der Waals surface area contributed by atoms with Crippen LogP contribution in [0.25, 0.3) is 22.6 Å². The van der Waals surface area contributed by atoms with E-state index in [9.17, 15) is 38.4 Å². The molecule has 17 nitrogen and oxygen atoms in total. The lowest BCUT2D eigenvalue weighted by Crippen LogP contribution is -2.57. The van der Waals surface area contributed by atoms with Crippen LogP contribution >= 0.6 is 11.3 Å². The Morgan fingerprint density at radius 2 is 1.70 bits per heavy atom. The number of aliphatic hydroxyl groups excluding tert-OH is 4. The first-order valence-electron chi connectivity index (χ1n) is 23.3. The summed E-state index contributed by atoms with van der Waals surface area (Å²) >= 11 is 1.59. The molecule has 3 aliphatic rings. The molecule has 3 aliphatic heterocycles. The minimum absolute atomic E-state index is 0.228. The highest BCUT2D eigenvalue weighted by atomic mass is 32.1. The van der Waals surface area contributed by atoms with Gasteiger partial charge in [0.15, 0.2) is 0 Å². The lowest BCUT2D eigenvalue weighted by Gasteiger charge is -2.40. The van der Waals surface area contributed by atoms with Gasteiger partial charge in [-0.15, -0.1) is 16.4 Å². The Morgan fingerprint density at radius 1 is 0.913 bits per heavy atom. The zero-order chi connectivity index (χ0) is 48.1. The number of hydrogen-bond donors (Lipinski definition) is 6. The number of unbranched alkanes of at least 4 members (excludes halogenated alkanes) is 2. The second-order valence-corrected chi connectivity index (χ2v) is 18.8. The van der Waals surface area contributed by atoms with Gasteiger partial charge >= 0.3 is 12.1 Å². The molecule has 5 unspecified atom stereocenters. The average Bonchev–Trinajstić information content (AvgIpc) is 4.19. The number of ether oxygens (including phenoxy) is 1. The van der Waals surface area contributed by atoms with Gasteiger partial charge in [-0.2, -0.15) is 18.2 Å². The maximum Gasteiger partial charge on any atom is 0.471 e. The van der Waals surface area contributed by atoms with Crippen LogP contribution in [0.1, 0.15) is 102 Å². The standard InChI is InChI=1S/C48H55F3N10O7S/c49-48(50,51)45-55-40(57-68-45)31-12-8-13-32(26-31)41(63)52-29-47(46-53-35(28-69-46)30-10-2-1-3-11-30)19-23-59(24-20-47)21-5-4-14-33-27-60(58-56-33)22-6-7-25-67-37-16-9-15-34-39(37)44(66)61(43(34)65)36-17-18-38(62)54-42(36)64/h1-3,8-13,15-16,26-28,36,38,42-44,54,62,64-66H,4-7,14,17-25,29H2,(H,52,63). The predicted molar refractivity (Wildman–Crippen MR) is 246 cm³/mol. The highest BCUT2D eigenvalue weighted by molar-refractivity contribution is 7.10. The highest BCUT2D eigenvalue weighted by Crippen LogP contribution is 2.46. The van der Waals surface area contributed by atoms with E-state index in [-0.39, 0.29) is 22.9 Å². The highest BCUT2D eigenvalue weighted by Gasteiger charge is 2.46. The fourth-order valence-electron chi connectivity index (χ4n) is 9.48. The summed E-state index contributed by atoms with van der Waals surface area (Å²) in [4.78, 5) is 26.1. The molecule has 2 fully saturated rings. The van der Waals surface area contributed by atoms with Crippen LogP contribution in [0.15, 0.2) is 88.9 Å². The number of piperidine rings is 2. The lowest BCUT2D eigenvalue weighted by atomic mass is 9.78. The molecule has 0 saturated carbocycles. The number of thiazole rings is 1. The third-order valence-corrected chi connectivity index (χ3v) is 14.4. The number of nitrogens with zero attached hydrogens (tertiary/aromatic N) is 8. The number of hydrogen-bond acceptors (Lipinski definition) is 16. The Balaban J connectivity index is 0.731. The number of carbonyl (C=O) groups excluding carboxylic acids is 1.